The van der Waals surface area contributed by atoms with Crippen LogP contribution in [0, 0.1) is 5.82 Å². The molecule has 0 bridgehead atoms. The Labute approximate surface area is 101 Å². The van der Waals surface area contributed by atoms with Gasteiger partial charge < -0.3 is 0 Å². The van der Waals surface area contributed by atoms with E-state index >= 15 is 0 Å². The van der Waals surface area contributed by atoms with E-state index in [-0.39, 0.29) is 16.1 Å². The minimum atomic E-state index is -0.811. The summed E-state index contributed by atoms with van der Waals surface area (Å²) in [5.74, 6) is -0.551. The molecule has 4 nitrogen and oxygen atoms in total. The Morgan fingerprint density at radius 3 is 2.50 bits per heavy atom. The summed E-state index contributed by atoms with van der Waals surface area (Å²) in [6.07, 6.45) is 1.60. The van der Waals surface area contributed by atoms with Crippen molar-refractivity contribution in [3.05, 3.63) is 28.4 Å². The zero-order valence-corrected chi connectivity index (χ0v) is 9.80. The first-order chi connectivity index (χ1) is 7.63. The predicted octanol–water partition coefficient (Wildman–Crippen LogP) is 2.81. The molecular weight excluding hydrogens is 254 g/mol. The maximum atomic E-state index is 13.1. The summed E-state index contributed by atoms with van der Waals surface area (Å²) in [4.78, 5) is 7.64. The number of halogens is 3. The summed E-state index contributed by atoms with van der Waals surface area (Å²) < 4.78 is 14.8. The quantitative estimate of drug-likeness (QED) is 0.780. The Hall–Kier alpha value is -1.20. The van der Waals surface area contributed by atoms with Crippen molar-refractivity contribution >= 4 is 23.2 Å². The second-order valence-electron chi connectivity index (χ2n) is 2.98. The third-order valence-electron chi connectivity index (χ3n) is 2.02. The van der Waals surface area contributed by atoms with Crippen LogP contribution in [0.5, 0.6) is 0 Å². The molecule has 0 unspecified atom stereocenters. The van der Waals surface area contributed by atoms with Gasteiger partial charge in [0, 0.05) is 12.7 Å². The van der Waals surface area contributed by atoms with Gasteiger partial charge in [0.2, 0.25) is 0 Å². The molecule has 16 heavy (non-hydrogen) atoms. The van der Waals surface area contributed by atoms with E-state index in [1.54, 1.807) is 16.9 Å². The first-order valence-electron chi connectivity index (χ1n) is 4.54. The van der Waals surface area contributed by atoms with Crippen molar-refractivity contribution in [2.24, 2.45) is 0 Å². The molecule has 2 aromatic rings. The lowest BCUT2D eigenvalue weighted by atomic mass is 10.4. The average Bonchev–Trinajstić information content (AvgIpc) is 2.73. The van der Waals surface area contributed by atoms with Crippen LogP contribution in [0.4, 0.5) is 4.39 Å². The zero-order chi connectivity index (χ0) is 11.7. The third kappa shape index (κ3) is 1.88. The standard InChI is InChI=1S/C9H7Cl2FN4/c1-2-16-5(3-4-13-16)9-14-7(10)6(12)8(11)15-9/h3-4H,2H2,1H3. The Kier molecular flexibility index (Phi) is 3.07. The number of hydrogen-bond donors (Lipinski definition) is 0. The minimum Gasteiger partial charge on any atom is -0.262 e. The van der Waals surface area contributed by atoms with Crippen LogP contribution in [0.3, 0.4) is 0 Å². The number of aromatic nitrogens is 4. The molecule has 84 valence electrons. The number of aryl methyl sites for hydroxylation is 1. The molecule has 0 saturated heterocycles. The molecule has 0 aliphatic carbocycles. The fraction of sp³-hybridized carbons (Fsp3) is 0.222. The number of rotatable bonds is 2. The first kappa shape index (κ1) is 11.3. The highest BCUT2D eigenvalue weighted by Crippen LogP contribution is 2.23. The van der Waals surface area contributed by atoms with Gasteiger partial charge in [0.05, 0.1) is 0 Å². The maximum Gasteiger partial charge on any atom is 0.197 e. The van der Waals surface area contributed by atoms with Gasteiger partial charge >= 0.3 is 0 Å². The first-order valence-corrected chi connectivity index (χ1v) is 5.29. The van der Waals surface area contributed by atoms with Crippen molar-refractivity contribution in [2.75, 3.05) is 0 Å². The van der Waals surface area contributed by atoms with E-state index in [0.29, 0.717) is 12.2 Å². The van der Waals surface area contributed by atoms with E-state index in [2.05, 4.69) is 15.1 Å². The Balaban J connectivity index is 2.57. The van der Waals surface area contributed by atoms with Crippen molar-refractivity contribution in [2.45, 2.75) is 13.5 Å². The highest BCUT2D eigenvalue weighted by atomic mass is 35.5. The molecule has 0 radical (unpaired) electrons. The predicted molar refractivity (Wildman–Crippen MR) is 58.9 cm³/mol. The van der Waals surface area contributed by atoms with Gasteiger partial charge in [0.1, 0.15) is 5.69 Å². The van der Waals surface area contributed by atoms with E-state index in [9.17, 15) is 4.39 Å². The van der Waals surface area contributed by atoms with Gasteiger partial charge in [-0.05, 0) is 13.0 Å². The third-order valence-corrected chi connectivity index (χ3v) is 2.52. The second-order valence-corrected chi connectivity index (χ2v) is 3.69. The van der Waals surface area contributed by atoms with E-state index in [1.165, 1.54) is 0 Å². The van der Waals surface area contributed by atoms with Gasteiger partial charge in [-0.3, -0.25) is 4.68 Å². The fourth-order valence-electron chi connectivity index (χ4n) is 1.28. The highest BCUT2D eigenvalue weighted by Gasteiger charge is 2.14. The lowest BCUT2D eigenvalue weighted by Gasteiger charge is -2.04. The molecule has 2 heterocycles. The molecule has 0 saturated carbocycles. The van der Waals surface area contributed by atoms with Crippen molar-refractivity contribution in [1.29, 1.82) is 0 Å². The van der Waals surface area contributed by atoms with Crippen LogP contribution in [0.25, 0.3) is 11.5 Å². The van der Waals surface area contributed by atoms with E-state index < -0.39 is 5.82 Å². The molecule has 0 amide bonds. The summed E-state index contributed by atoms with van der Waals surface area (Å²) in [7, 11) is 0. The highest BCUT2D eigenvalue weighted by molar-refractivity contribution is 6.33. The van der Waals surface area contributed by atoms with E-state index in [0.717, 1.165) is 0 Å². The molecule has 0 aliphatic heterocycles. The summed E-state index contributed by atoms with van der Waals surface area (Å²) in [6, 6.07) is 1.71. The summed E-state index contributed by atoms with van der Waals surface area (Å²) in [5, 5.41) is 3.46. The van der Waals surface area contributed by atoms with Crippen LogP contribution in [0.1, 0.15) is 6.92 Å². The van der Waals surface area contributed by atoms with Crippen LogP contribution in [-0.2, 0) is 6.54 Å². The van der Waals surface area contributed by atoms with Gasteiger partial charge in [0.25, 0.3) is 0 Å². The van der Waals surface area contributed by atoms with Crippen molar-refractivity contribution < 1.29 is 4.39 Å². The molecule has 0 aliphatic rings. The summed E-state index contributed by atoms with van der Waals surface area (Å²) in [6.45, 7) is 2.57. The van der Waals surface area contributed by atoms with E-state index in [4.69, 9.17) is 23.2 Å². The van der Waals surface area contributed by atoms with Gasteiger partial charge in [-0.15, -0.1) is 0 Å². The van der Waals surface area contributed by atoms with Crippen LogP contribution in [-0.4, -0.2) is 19.7 Å². The molecular formula is C9H7Cl2FN4. The SMILES string of the molecule is CCn1nccc1-c1nc(Cl)c(F)c(Cl)n1. The Morgan fingerprint density at radius 1 is 1.31 bits per heavy atom. The molecule has 0 fully saturated rings. The number of nitrogens with zero attached hydrogens (tertiary/aromatic N) is 4. The Morgan fingerprint density at radius 2 is 1.94 bits per heavy atom. The normalized spacial score (nSPS) is 10.8. The largest absolute Gasteiger partial charge is 0.262 e. The average molecular weight is 261 g/mol. The van der Waals surface area contributed by atoms with E-state index in [1.807, 2.05) is 6.92 Å². The second kappa shape index (κ2) is 4.35. The maximum absolute atomic E-state index is 13.1. The van der Waals surface area contributed by atoms with Crippen LogP contribution < -0.4 is 0 Å². The van der Waals surface area contributed by atoms with Gasteiger partial charge in [-0.2, -0.15) is 5.10 Å². The molecule has 2 rings (SSSR count). The van der Waals surface area contributed by atoms with Crippen molar-refractivity contribution in [3.8, 4) is 11.5 Å². The molecule has 0 atom stereocenters. The minimum absolute atomic E-state index is 0.260. The summed E-state index contributed by atoms with van der Waals surface area (Å²) in [5.41, 5.74) is 0.645. The van der Waals surface area contributed by atoms with Crippen LogP contribution in [0.15, 0.2) is 12.3 Å². The topological polar surface area (TPSA) is 43.6 Å². The van der Waals surface area contributed by atoms with Crippen LogP contribution >= 0.6 is 23.2 Å². The molecule has 0 spiro atoms. The molecule has 2 aromatic heterocycles. The lowest BCUT2D eigenvalue weighted by Crippen LogP contribution is -2.02. The fourth-order valence-corrected chi connectivity index (χ4v) is 1.67. The Bertz CT molecular complexity index is 503. The number of hydrogen-bond acceptors (Lipinski definition) is 3. The van der Waals surface area contributed by atoms with Crippen molar-refractivity contribution in [3.63, 3.8) is 0 Å². The summed E-state index contributed by atoms with van der Waals surface area (Å²) >= 11 is 11.2. The van der Waals surface area contributed by atoms with Gasteiger partial charge in [0.15, 0.2) is 21.9 Å². The van der Waals surface area contributed by atoms with Gasteiger partial charge in [-0.25, -0.2) is 14.4 Å². The van der Waals surface area contributed by atoms with Crippen molar-refractivity contribution in [1.82, 2.24) is 19.7 Å². The van der Waals surface area contributed by atoms with Crippen LogP contribution in [0.2, 0.25) is 10.3 Å². The smallest absolute Gasteiger partial charge is 0.197 e. The molecule has 7 heteroatoms. The zero-order valence-electron chi connectivity index (χ0n) is 8.28. The monoisotopic (exact) mass is 260 g/mol. The molecule has 0 N–H and O–H groups in total. The van der Waals surface area contributed by atoms with Gasteiger partial charge in [-0.1, -0.05) is 23.2 Å². The molecule has 0 aromatic carbocycles. The lowest BCUT2D eigenvalue weighted by molar-refractivity contribution is 0.613.